The second-order valence-electron chi connectivity index (χ2n) is 2.95. The summed E-state index contributed by atoms with van der Waals surface area (Å²) in [4.78, 5) is 4.01. The van der Waals surface area contributed by atoms with Gasteiger partial charge in [0.25, 0.3) is 0 Å². The first-order valence-corrected chi connectivity index (χ1v) is 3.94. The maximum atomic E-state index is 5.43. The Hall–Kier alpha value is -1.05. The second-order valence-corrected chi connectivity index (χ2v) is 2.95. The molecule has 0 amide bonds. The van der Waals surface area contributed by atoms with Gasteiger partial charge in [0.1, 0.15) is 5.75 Å². The SMILES string of the molecule is CC1CCOc2cnccc21. The Labute approximate surface area is 66.2 Å². The van der Waals surface area contributed by atoms with E-state index in [1.807, 2.05) is 12.3 Å². The third kappa shape index (κ3) is 1.09. The van der Waals surface area contributed by atoms with Crippen molar-refractivity contribution < 1.29 is 4.74 Å². The normalized spacial score (nSPS) is 22.1. The van der Waals surface area contributed by atoms with Crippen molar-refractivity contribution in [2.45, 2.75) is 19.3 Å². The molecule has 0 bridgehead atoms. The number of rotatable bonds is 0. The van der Waals surface area contributed by atoms with Gasteiger partial charge < -0.3 is 4.74 Å². The van der Waals surface area contributed by atoms with Crippen LogP contribution in [0.2, 0.25) is 0 Å². The van der Waals surface area contributed by atoms with E-state index in [0.29, 0.717) is 5.92 Å². The van der Waals surface area contributed by atoms with Crippen LogP contribution in [0.5, 0.6) is 5.75 Å². The van der Waals surface area contributed by atoms with Gasteiger partial charge >= 0.3 is 0 Å². The molecule has 1 aromatic rings. The highest BCUT2D eigenvalue weighted by atomic mass is 16.5. The van der Waals surface area contributed by atoms with E-state index in [2.05, 4.69) is 11.9 Å². The molecule has 1 unspecified atom stereocenters. The largest absolute Gasteiger partial charge is 0.492 e. The van der Waals surface area contributed by atoms with Crippen LogP contribution in [0.4, 0.5) is 0 Å². The van der Waals surface area contributed by atoms with Crippen LogP contribution >= 0.6 is 0 Å². The fourth-order valence-electron chi connectivity index (χ4n) is 1.42. The summed E-state index contributed by atoms with van der Waals surface area (Å²) in [5.74, 6) is 1.59. The Balaban J connectivity index is 2.44. The molecule has 2 heterocycles. The maximum absolute atomic E-state index is 5.43. The summed E-state index contributed by atoms with van der Waals surface area (Å²) >= 11 is 0. The van der Waals surface area contributed by atoms with Gasteiger partial charge in [-0.3, -0.25) is 4.98 Å². The Kier molecular flexibility index (Phi) is 1.53. The van der Waals surface area contributed by atoms with Crippen LogP contribution in [0.3, 0.4) is 0 Å². The molecule has 11 heavy (non-hydrogen) atoms. The molecule has 0 radical (unpaired) electrons. The van der Waals surface area contributed by atoms with Crippen molar-refractivity contribution in [3.63, 3.8) is 0 Å². The number of pyridine rings is 1. The molecule has 2 rings (SSSR count). The summed E-state index contributed by atoms with van der Waals surface area (Å²) in [5, 5.41) is 0. The van der Waals surface area contributed by atoms with Crippen LogP contribution in [0.25, 0.3) is 0 Å². The lowest BCUT2D eigenvalue weighted by Crippen LogP contribution is -2.11. The molecule has 0 saturated carbocycles. The third-order valence-electron chi connectivity index (χ3n) is 2.16. The first kappa shape index (κ1) is 6.65. The van der Waals surface area contributed by atoms with Gasteiger partial charge in [-0.2, -0.15) is 0 Å². The minimum absolute atomic E-state index is 0.627. The van der Waals surface area contributed by atoms with Crippen molar-refractivity contribution in [3.8, 4) is 5.75 Å². The average molecular weight is 149 g/mol. The lowest BCUT2D eigenvalue weighted by Gasteiger charge is -2.21. The molecule has 0 saturated heterocycles. The molecule has 0 fully saturated rings. The first-order valence-electron chi connectivity index (χ1n) is 3.94. The molecule has 1 atom stereocenters. The molecular formula is C9H11NO. The molecule has 1 aliphatic rings. The zero-order valence-corrected chi connectivity index (χ0v) is 6.58. The summed E-state index contributed by atoms with van der Waals surface area (Å²) in [6, 6.07) is 2.04. The number of ether oxygens (including phenoxy) is 1. The van der Waals surface area contributed by atoms with E-state index in [4.69, 9.17) is 4.74 Å². The van der Waals surface area contributed by atoms with Crippen molar-refractivity contribution >= 4 is 0 Å². The molecule has 0 aliphatic carbocycles. The zero-order valence-electron chi connectivity index (χ0n) is 6.58. The zero-order chi connectivity index (χ0) is 7.68. The van der Waals surface area contributed by atoms with Crippen molar-refractivity contribution in [2.24, 2.45) is 0 Å². The molecule has 0 aromatic carbocycles. The quantitative estimate of drug-likeness (QED) is 0.562. The summed E-state index contributed by atoms with van der Waals surface area (Å²) in [6.45, 7) is 3.06. The highest BCUT2D eigenvalue weighted by Gasteiger charge is 2.16. The molecule has 1 aromatic heterocycles. The third-order valence-corrected chi connectivity index (χ3v) is 2.16. The topological polar surface area (TPSA) is 22.1 Å². The standard InChI is InChI=1S/C9H11NO/c1-7-3-5-11-9-6-10-4-2-8(7)9/h2,4,6-7H,3,5H2,1H3. The molecule has 2 heteroatoms. The smallest absolute Gasteiger partial charge is 0.141 e. The summed E-state index contributed by atoms with van der Waals surface area (Å²) in [7, 11) is 0. The van der Waals surface area contributed by atoms with Gasteiger partial charge in [-0.25, -0.2) is 0 Å². The van der Waals surface area contributed by atoms with E-state index in [9.17, 15) is 0 Å². The molecule has 2 nitrogen and oxygen atoms in total. The average Bonchev–Trinajstić information content (AvgIpc) is 2.06. The van der Waals surface area contributed by atoms with E-state index in [-0.39, 0.29) is 0 Å². The summed E-state index contributed by atoms with van der Waals surface area (Å²) < 4.78 is 5.43. The Morgan fingerprint density at radius 3 is 3.36 bits per heavy atom. The highest BCUT2D eigenvalue weighted by molar-refractivity contribution is 5.34. The predicted molar refractivity (Wildman–Crippen MR) is 42.8 cm³/mol. The van der Waals surface area contributed by atoms with Crippen LogP contribution in [-0.4, -0.2) is 11.6 Å². The molecule has 58 valence electrons. The van der Waals surface area contributed by atoms with Gasteiger partial charge in [-0.15, -0.1) is 0 Å². The number of aromatic nitrogens is 1. The van der Waals surface area contributed by atoms with Gasteiger partial charge in [-0.1, -0.05) is 6.92 Å². The van der Waals surface area contributed by atoms with Gasteiger partial charge in [0.05, 0.1) is 12.8 Å². The number of nitrogens with zero attached hydrogens (tertiary/aromatic N) is 1. The summed E-state index contributed by atoms with van der Waals surface area (Å²) in [5.41, 5.74) is 1.30. The lowest BCUT2D eigenvalue weighted by atomic mass is 9.97. The van der Waals surface area contributed by atoms with Crippen molar-refractivity contribution in [3.05, 3.63) is 24.0 Å². The molecule has 0 N–H and O–H groups in total. The van der Waals surface area contributed by atoms with Gasteiger partial charge in [0, 0.05) is 11.8 Å². The Morgan fingerprint density at radius 1 is 1.64 bits per heavy atom. The summed E-state index contributed by atoms with van der Waals surface area (Å²) in [6.07, 6.45) is 4.74. The first-order chi connectivity index (χ1) is 5.38. The van der Waals surface area contributed by atoms with E-state index >= 15 is 0 Å². The van der Waals surface area contributed by atoms with Gasteiger partial charge in [-0.05, 0) is 18.4 Å². The van der Waals surface area contributed by atoms with Crippen LogP contribution in [0.15, 0.2) is 18.5 Å². The predicted octanol–water partition coefficient (Wildman–Crippen LogP) is 1.97. The Bertz CT molecular complexity index is 259. The van der Waals surface area contributed by atoms with Gasteiger partial charge in [0.15, 0.2) is 0 Å². The van der Waals surface area contributed by atoms with Crippen LogP contribution in [0.1, 0.15) is 24.8 Å². The molecule has 1 aliphatic heterocycles. The number of fused-ring (bicyclic) bond motifs is 1. The molecule has 0 spiro atoms. The molecular weight excluding hydrogens is 138 g/mol. The van der Waals surface area contributed by atoms with E-state index in [1.165, 1.54) is 5.56 Å². The maximum Gasteiger partial charge on any atom is 0.141 e. The fraction of sp³-hybridized carbons (Fsp3) is 0.444. The van der Waals surface area contributed by atoms with Crippen molar-refractivity contribution in [1.29, 1.82) is 0 Å². The van der Waals surface area contributed by atoms with E-state index < -0.39 is 0 Å². The van der Waals surface area contributed by atoms with Crippen LogP contribution < -0.4 is 4.74 Å². The van der Waals surface area contributed by atoms with Crippen LogP contribution in [0, 0.1) is 0 Å². The van der Waals surface area contributed by atoms with Crippen LogP contribution in [-0.2, 0) is 0 Å². The number of hydrogen-bond donors (Lipinski definition) is 0. The minimum atomic E-state index is 0.627. The number of hydrogen-bond acceptors (Lipinski definition) is 2. The fourth-order valence-corrected chi connectivity index (χ4v) is 1.42. The van der Waals surface area contributed by atoms with Crippen molar-refractivity contribution in [1.82, 2.24) is 4.98 Å². The van der Waals surface area contributed by atoms with E-state index in [0.717, 1.165) is 18.8 Å². The Morgan fingerprint density at radius 2 is 2.55 bits per heavy atom. The van der Waals surface area contributed by atoms with Crippen molar-refractivity contribution in [2.75, 3.05) is 6.61 Å². The minimum Gasteiger partial charge on any atom is -0.492 e. The lowest BCUT2D eigenvalue weighted by molar-refractivity contribution is 0.271. The van der Waals surface area contributed by atoms with Gasteiger partial charge in [0.2, 0.25) is 0 Å². The van der Waals surface area contributed by atoms with E-state index in [1.54, 1.807) is 6.20 Å². The monoisotopic (exact) mass is 149 g/mol. The second kappa shape index (κ2) is 2.53. The highest BCUT2D eigenvalue weighted by Crippen LogP contribution is 2.31.